The summed E-state index contributed by atoms with van der Waals surface area (Å²) in [6.07, 6.45) is 3.00. The summed E-state index contributed by atoms with van der Waals surface area (Å²) in [5.41, 5.74) is 2.31. The molecule has 0 amide bonds. The second kappa shape index (κ2) is 8.16. The molecule has 3 aromatic rings. The number of fused-ring (bicyclic) bond motifs is 1. The van der Waals surface area contributed by atoms with E-state index in [0.717, 1.165) is 16.5 Å². The zero-order valence-corrected chi connectivity index (χ0v) is 14.6. The van der Waals surface area contributed by atoms with Gasteiger partial charge in [0.25, 0.3) is 0 Å². The molecule has 5 nitrogen and oxygen atoms in total. The van der Waals surface area contributed by atoms with Crippen LogP contribution in [0.3, 0.4) is 0 Å². The Labute approximate surface area is 151 Å². The number of carbonyl (C=O) groups excluding carboxylic acids is 1. The number of pyridine rings is 1. The minimum atomic E-state index is -0.454. The molecular formula is C21H19NO4. The summed E-state index contributed by atoms with van der Waals surface area (Å²) in [5, 5.41) is 1.05. The van der Waals surface area contributed by atoms with Crippen LogP contribution in [0.4, 0.5) is 0 Å². The topological polar surface area (TPSA) is 57.7 Å². The fourth-order valence-corrected chi connectivity index (χ4v) is 2.52. The van der Waals surface area contributed by atoms with Crippen LogP contribution in [0.25, 0.3) is 17.0 Å². The maximum atomic E-state index is 12.0. The van der Waals surface area contributed by atoms with E-state index in [2.05, 4.69) is 4.98 Å². The quantitative estimate of drug-likeness (QED) is 0.497. The Balaban J connectivity index is 1.65. The van der Waals surface area contributed by atoms with E-state index in [0.29, 0.717) is 17.2 Å². The average molecular weight is 349 g/mol. The number of hydrogen-bond acceptors (Lipinski definition) is 5. The van der Waals surface area contributed by atoms with Gasteiger partial charge < -0.3 is 14.2 Å². The maximum absolute atomic E-state index is 12.0. The van der Waals surface area contributed by atoms with Crippen molar-refractivity contribution in [2.45, 2.75) is 6.61 Å². The minimum absolute atomic E-state index is 0.0920. The molecule has 132 valence electrons. The molecule has 26 heavy (non-hydrogen) atoms. The second-order valence-electron chi connectivity index (χ2n) is 5.55. The first kappa shape index (κ1) is 17.5. The third-order valence-electron chi connectivity index (χ3n) is 3.87. The largest absolute Gasteiger partial charge is 0.497 e. The number of aromatic nitrogens is 1. The lowest BCUT2D eigenvalue weighted by Gasteiger charge is -2.10. The van der Waals surface area contributed by atoms with Gasteiger partial charge in [-0.25, -0.2) is 9.78 Å². The molecule has 2 aromatic carbocycles. The summed E-state index contributed by atoms with van der Waals surface area (Å²) in [5.74, 6) is 0.858. The standard InChI is InChI=1S/C21H19NO4/c1-24-18-10-11-20(25-2)16(13-18)14-26-21(23)12-9-17-8-7-15-5-3-4-6-19(15)22-17/h3-13H,14H2,1-2H3/b12-9+. The Morgan fingerprint density at radius 2 is 1.88 bits per heavy atom. The fraction of sp³-hybridized carbons (Fsp3) is 0.143. The van der Waals surface area contributed by atoms with Gasteiger partial charge in [-0.05, 0) is 36.4 Å². The smallest absolute Gasteiger partial charge is 0.331 e. The number of esters is 1. The van der Waals surface area contributed by atoms with Crippen molar-refractivity contribution in [2.24, 2.45) is 0 Å². The molecule has 0 bridgehead atoms. The van der Waals surface area contributed by atoms with Gasteiger partial charge in [0, 0.05) is 17.0 Å². The predicted octanol–water partition coefficient (Wildman–Crippen LogP) is 4.01. The summed E-state index contributed by atoms with van der Waals surface area (Å²) >= 11 is 0. The zero-order valence-electron chi connectivity index (χ0n) is 14.6. The van der Waals surface area contributed by atoms with Gasteiger partial charge in [0.05, 0.1) is 25.4 Å². The van der Waals surface area contributed by atoms with Gasteiger partial charge in [-0.3, -0.25) is 0 Å². The molecule has 5 heteroatoms. The lowest BCUT2D eigenvalue weighted by Crippen LogP contribution is -2.03. The monoisotopic (exact) mass is 349 g/mol. The number of ether oxygens (including phenoxy) is 3. The number of carbonyl (C=O) groups is 1. The first-order chi connectivity index (χ1) is 12.7. The summed E-state index contributed by atoms with van der Waals surface area (Å²) in [4.78, 5) is 16.5. The molecule has 0 aliphatic carbocycles. The van der Waals surface area contributed by atoms with E-state index in [4.69, 9.17) is 14.2 Å². The first-order valence-electron chi connectivity index (χ1n) is 8.11. The highest BCUT2D eigenvalue weighted by Crippen LogP contribution is 2.24. The molecular weight excluding hydrogens is 330 g/mol. The predicted molar refractivity (Wildman–Crippen MR) is 100 cm³/mol. The molecule has 0 saturated carbocycles. The van der Waals surface area contributed by atoms with Crippen LogP contribution in [0.2, 0.25) is 0 Å². The summed E-state index contributed by atoms with van der Waals surface area (Å²) in [6, 6.07) is 17.0. The molecule has 0 aliphatic rings. The van der Waals surface area contributed by atoms with Crippen molar-refractivity contribution in [3.63, 3.8) is 0 Å². The van der Waals surface area contributed by atoms with Crippen molar-refractivity contribution in [3.05, 3.63) is 71.9 Å². The van der Waals surface area contributed by atoms with Crippen LogP contribution in [-0.4, -0.2) is 25.2 Å². The van der Waals surface area contributed by atoms with Crippen molar-refractivity contribution >= 4 is 22.9 Å². The molecule has 0 fully saturated rings. The number of nitrogens with zero attached hydrogens (tertiary/aromatic N) is 1. The fourth-order valence-electron chi connectivity index (χ4n) is 2.52. The Morgan fingerprint density at radius 1 is 1.04 bits per heavy atom. The van der Waals surface area contributed by atoms with Crippen molar-refractivity contribution in [2.75, 3.05) is 14.2 Å². The van der Waals surface area contributed by atoms with E-state index in [1.54, 1.807) is 38.5 Å². The molecule has 0 unspecified atom stereocenters. The third kappa shape index (κ3) is 4.19. The van der Waals surface area contributed by atoms with Gasteiger partial charge in [0.1, 0.15) is 18.1 Å². The second-order valence-corrected chi connectivity index (χ2v) is 5.55. The van der Waals surface area contributed by atoms with Gasteiger partial charge >= 0.3 is 5.97 Å². The number of hydrogen-bond donors (Lipinski definition) is 0. The van der Waals surface area contributed by atoms with Gasteiger partial charge in [-0.15, -0.1) is 0 Å². The third-order valence-corrected chi connectivity index (χ3v) is 3.87. The summed E-state index contributed by atoms with van der Waals surface area (Å²) < 4.78 is 15.7. The van der Waals surface area contributed by atoms with Gasteiger partial charge in [0.2, 0.25) is 0 Å². The number of methoxy groups -OCH3 is 2. The van der Waals surface area contributed by atoms with Crippen molar-refractivity contribution < 1.29 is 19.0 Å². The molecule has 3 rings (SSSR count). The molecule has 0 N–H and O–H groups in total. The van der Waals surface area contributed by atoms with E-state index >= 15 is 0 Å². The summed E-state index contributed by atoms with van der Waals surface area (Å²) in [7, 11) is 3.15. The van der Waals surface area contributed by atoms with Crippen LogP contribution in [0.1, 0.15) is 11.3 Å². The van der Waals surface area contributed by atoms with Gasteiger partial charge in [0.15, 0.2) is 0 Å². The van der Waals surface area contributed by atoms with Gasteiger partial charge in [-0.1, -0.05) is 24.3 Å². The van der Waals surface area contributed by atoms with Crippen LogP contribution in [0.15, 0.2) is 60.7 Å². The number of rotatable bonds is 6. The lowest BCUT2D eigenvalue weighted by molar-refractivity contribution is -0.138. The highest BCUT2D eigenvalue weighted by atomic mass is 16.5. The normalized spacial score (nSPS) is 10.8. The number of benzene rings is 2. The number of para-hydroxylation sites is 1. The summed E-state index contributed by atoms with van der Waals surface area (Å²) in [6.45, 7) is 0.0920. The van der Waals surface area contributed by atoms with E-state index in [1.807, 2.05) is 36.4 Å². The Bertz CT molecular complexity index is 950. The van der Waals surface area contributed by atoms with E-state index in [1.165, 1.54) is 6.08 Å². The molecule has 0 saturated heterocycles. The molecule has 0 spiro atoms. The Hall–Kier alpha value is -3.34. The minimum Gasteiger partial charge on any atom is -0.497 e. The van der Waals surface area contributed by atoms with Crippen LogP contribution < -0.4 is 9.47 Å². The molecule has 1 heterocycles. The average Bonchev–Trinajstić information content (AvgIpc) is 2.70. The maximum Gasteiger partial charge on any atom is 0.331 e. The molecule has 1 aromatic heterocycles. The highest BCUT2D eigenvalue weighted by Gasteiger charge is 2.07. The van der Waals surface area contributed by atoms with Crippen LogP contribution in [0.5, 0.6) is 11.5 Å². The lowest BCUT2D eigenvalue weighted by atomic mass is 10.2. The Kier molecular flexibility index (Phi) is 5.49. The van der Waals surface area contributed by atoms with E-state index < -0.39 is 5.97 Å². The van der Waals surface area contributed by atoms with Crippen molar-refractivity contribution in [1.29, 1.82) is 0 Å². The molecule has 0 radical (unpaired) electrons. The SMILES string of the molecule is COc1ccc(OC)c(COC(=O)/C=C/c2ccc3ccccc3n2)c1. The van der Waals surface area contributed by atoms with Crippen molar-refractivity contribution in [1.82, 2.24) is 4.98 Å². The van der Waals surface area contributed by atoms with Crippen molar-refractivity contribution in [3.8, 4) is 11.5 Å². The van der Waals surface area contributed by atoms with Crippen LogP contribution in [0, 0.1) is 0 Å². The zero-order chi connectivity index (χ0) is 18.4. The van der Waals surface area contributed by atoms with Crippen LogP contribution in [-0.2, 0) is 16.1 Å². The molecule has 0 aliphatic heterocycles. The Morgan fingerprint density at radius 3 is 2.69 bits per heavy atom. The first-order valence-corrected chi connectivity index (χ1v) is 8.11. The van der Waals surface area contributed by atoms with E-state index in [-0.39, 0.29) is 6.61 Å². The molecule has 0 atom stereocenters. The van der Waals surface area contributed by atoms with E-state index in [9.17, 15) is 4.79 Å². The van der Waals surface area contributed by atoms with Crippen LogP contribution >= 0.6 is 0 Å². The highest BCUT2D eigenvalue weighted by molar-refractivity contribution is 5.87. The van der Waals surface area contributed by atoms with Gasteiger partial charge in [-0.2, -0.15) is 0 Å².